The Bertz CT molecular complexity index is 1180. The molecule has 2 saturated heterocycles. The summed E-state index contributed by atoms with van der Waals surface area (Å²) < 4.78 is 5.53. The molecule has 0 radical (unpaired) electrons. The predicted molar refractivity (Wildman–Crippen MR) is 151 cm³/mol. The van der Waals surface area contributed by atoms with Crippen LogP contribution in [0.5, 0.6) is 0 Å². The molecule has 0 unspecified atom stereocenters. The first kappa shape index (κ1) is 26.5. The summed E-state index contributed by atoms with van der Waals surface area (Å²) >= 11 is 0. The van der Waals surface area contributed by atoms with Crippen molar-refractivity contribution in [1.82, 2.24) is 9.80 Å². The van der Waals surface area contributed by atoms with Gasteiger partial charge in [-0.2, -0.15) is 0 Å². The van der Waals surface area contributed by atoms with Gasteiger partial charge in [0, 0.05) is 68.1 Å². The van der Waals surface area contributed by atoms with Crippen molar-refractivity contribution in [2.75, 3.05) is 52.5 Å². The van der Waals surface area contributed by atoms with Crippen molar-refractivity contribution in [1.29, 1.82) is 0 Å². The fourth-order valence-electron chi connectivity index (χ4n) is 6.12. The molecule has 5 rings (SSSR count). The minimum atomic E-state index is -0.311. The summed E-state index contributed by atoms with van der Waals surface area (Å²) in [7, 11) is 0. The molecule has 5 heteroatoms. The Balaban J connectivity index is 1.54. The van der Waals surface area contributed by atoms with Crippen LogP contribution in [-0.4, -0.2) is 73.8 Å². The largest absolute Gasteiger partial charge is 0.379 e. The average molecular weight is 511 g/mol. The molecule has 2 heterocycles. The molecule has 2 aliphatic heterocycles. The highest BCUT2D eigenvalue weighted by atomic mass is 16.5. The van der Waals surface area contributed by atoms with Crippen molar-refractivity contribution < 1.29 is 14.3 Å². The van der Waals surface area contributed by atoms with Gasteiger partial charge in [-0.1, -0.05) is 78.9 Å². The molecule has 2 aliphatic rings. The Morgan fingerprint density at radius 3 is 1.79 bits per heavy atom. The van der Waals surface area contributed by atoms with Gasteiger partial charge >= 0.3 is 0 Å². The molecule has 3 aromatic rings. The molecular formula is C33H38N2O3. The average Bonchev–Trinajstić information content (AvgIpc) is 2.98. The number of Topliss-reactive ketones (excluding diaryl/α,β-unsaturated/α-hetero) is 2. The number of ether oxygens (including phenoxy) is 1. The van der Waals surface area contributed by atoms with E-state index in [1.54, 1.807) is 0 Å². The van der Waals surface area contributed by atoms with Gasteiger partial charge in [0.25, 0.3) is 0 Å². The molecule has 0 amide bonds. The lowest BCUT2D eigenvalue weighted by atomic mass is 9.67. The van der Waals surface area contributed by atoms with Crippen molar-refractivity contribution in [3.8, 4) is 0 Å². The minimum absolute atomic E-state index is 0.124. The number of hydrogen-bond acceptors (Lipinski definition) is 5. The van der Waals surface area contributed by atoms with Gasteiger partial charge in [-0.15, -0.1) is 0 Å². The summed E-state index contributed by atoms with van der Waals surface area (Å²) in [6, 6.07) is 25.5. The van der Waals surface area contributed by atoms with Gasteiger partial charge < -0.3 is 9.64 Å². The zero-order valence-electron chi connectivity index (χ0n) is 22.5. The predicted octanol–water partition coefficient (Wildman–Crippen LogP) is 5.03. The lowest BCUT2D eigenvalue weighted by Crippen LogP contribution is -2.52. The summed E-state index contributed by atoms with van der Waals surface area (Å²) in [5.74, 6) is -0.560. The van der Waals surface area contributed by atoms with Crippen LogP contribution >= 0.6 is 0 Å². The monoisotopic (exact) mass is 510 g/mol. The molecule has 5 nitrogen and oxygen atoms in total. The summed E-state index contributed by atoms with van der Waals surface area (Å²) in [5, 5.41) is 0. The summed E-state index contributed by atoms with van der Waals surface area (Å²) in [6.07, 6.45) is 0. The summed E-state index contributed by atoms with van der Waals surface area (Å²) in [5.41, 5.74) is 4.92. The van der Waals surface area contributed by atoms with Crippen molar-refractivity contribution in [2.24, 2.45) is 11.8 Å². The maximum absolute atomic E-state index is 14.2. The Hall–Kier alpha value is -3.12. The van der Waals surface area contributed by atoms with Crippen molar-refractivity contribution >= 4 is 11.6 Å². The highest BCUT2D eigenvalue weighted by Gasteiger charge is 2.45. The highest BCUT2D eigenvalue weighted by molar-refractivity contribution is 6.02. The van der Waals surface area contributed by atoms with Gasteiger partial charge in [-0.3, -0.25) is 14.5 Å². The maximum Gasteiger partial charge on any atom is 0.167 e. The van der Waals surface area contributed by atoms with Gasteiger partial charge in [0.1, 0.15) is 0 Å². The smallest absolute Gasteiger partial charge is 0.167 e. The molecule has 0 aliphatic carbocycles. The van der Waals surface area contributed by atoms with E-state index >= 15 is 0 Å². The number of benzene rings is 3. The van der Waals surface area contributed by atoms with Crippen molar-refractivity contribution in [3.05, 3.63) is 107 Å². The maximum atomic E-state index is 14.2. The summed E-state index contributed by atoms with van der Waals surface area (Å²) in [4.78, 5) is 33.1. The van der Waals surface area contributed by atoms with E-state index in [1.807, 2.05) is 60.7 Å². The molecule has 0 N–H and O–H groups in total. The first-order chi connectivity index (χ1) is 18.5. The Kier molecular flexibility index (Phi) is 8.48. The number of hydrogen-bond donors (Lipinski definition) is 0. The third-order valence-corrected chi connectivity index (χ3v) is 8.41. The van der Waals surface area contributed by atoms with E-state index in [1.165, 1.54) is 11.1 Å². The fourth-order valence-corrected chi connectivity index (χ4v) is 6.12. The second kappa shape index (κ2) is 12.2. The van der Waals surface area contributed by atoms with E-state index in [2.05, 4.69) is 41.8 Å². The number of morpholine rings is 1. The second-order valence-corrected chi connectivity index (χ2v) is 10.7. The number of likely N-dealkylation sites (tertiary alicyclic amines) is 1. The van der Waals surface area contributed by atoms with E-state index in [9.17, 15) is 9.59 Å². The Morgan fingerprint density at radius 1 is 0.711 bits per heavy atom. The minimum Gasteiger partial charge on any atom is -0.379 e. The molecule has 3 aromatic carbocycles. The zero-order valence-corrected chi connectivity index (χ0v) is 22.5. The Morgan fingerprint density at radius 2 is 1.24 bits per heavy atom. The van der Waals surface area contributed by atoms with Gasteiger partial charge in [-0.05, 0) is 30.5 Å². The standard InChI is InChI=1S/C33H38N2O3/c1-24-10-9-15-28(25(24)2)31-29(32(36)26-11-5-3-6-12-26)22-35(17-16-34-18-20-38-21-19-34)23-30(31)33(37)27-13-7-4-8-14-27/h3-15,29-31H,16-23H2,1-2H3/t29-,30+,31+. The molecular weight excluding hydrogens is 472 g/mol. The van der Waals surface area contributed by atoms with E-state index in [-0.39, 0.29) is 29.3 Å². The zero-order chi connectivity index (χ0) is 26.5. The van der Waals surface area contributed by atoms with Gasteiger partial charge in [0.2, 0.25) is 0 Å². The molecule has 0 aromatic heterocycles. The number of rotatable bonds is 8. The van der Waals surface area contributed by atoms with Crippen LogP contribution in [-0.2, 0) is 4.74 Å². The van der Waals surface area contributed by atoms with E-state index in [0.717, 1.165) is 45.0 Å². The molecule has 38 heavy (non-hydrogen) atoms. The van der Waals surface area contributed by atoms with Crippen LogP contribution < -0.4 is 0 Å². The first-order valence-corrected chi connectivity index (χ1v) is 13.8. The van der Waals surface area contributed by atoms with Crippen LogP contribution in [0.2, 0.25) is 0 Å². The van der Waals surface area contributed by atoms with Crippen LogP contribution in [0.25, 0.3) is 0 Å². The lowest BCUT2D eigenvalue weighted by Gasteiger charge is -2.44. The highest BCUT2D eigenvalue weighted by Crippen LogP contribution is 2.42. The van der Waals surface area contributed by atoms with Crippen LogP contribution in [0.1, 0.15) is 43.3 Å². The number of carbonyl (C=O) groups is 2. The number of piperidine rings is 1. The third kappa shape index (κ3) is 5.80. The number of ketones is 2. The normalized spacial score (nSPS) is 22.7. The van der Waals surface area contributed by atoms with Crippen LogP contribution in [0.3, 0.4) is 0 Å². The van der Waals surface area contributed by atoms with Crippen molar-refractivity contribution in [3.63, 3.8) is 0 Å². The van der Waals surface area contributed by atoms with Crippen LogP contribution in [0.4, 0.5) is 0 Å². The Labute approximate surface area is 226 Å². The second-order valence-electron chi connectivity index (χ2n) is 10.7. The van der Waals surface area contributed by atoms with Gasteiger partial charge in [0.05, 0.1) is 13.2 Å². The van der Waals surface area contributed by atoms with E-state index in [4.69, 9.17) is 4.74 Å². The molecule has 0 bridgehead atoms. The van der Waals surface area contributed by atoms with Crippen LogP contribution in [0, 0.1) is 25.7 Å². The summed E-state index contributed by atoms with van der Waals surface area (Å²) in [6.45, 7) is 10.7. The first-order valence-electron chi connectivity index (χ1n) is 13.8. The number of carbonyl (C=O) groups excluding carboxylic acids is 2. The molecule has 0 saturated carbocycles. The van der Waals surface area contributed by atoms with Crippen molar-refractivity contribution in [2.45, 2.75) is 19.8 Å². The van der Waals surface area contributed by atoms with Gasteiger partial charge in [0.15, 0.2) is 11.6 Å². The van der Waals surface area contributed by atoms with E-state index < -0.39 is 0 Å². The molecule has 3 atom stereocenters. The van der Waals surface area contributed by atoms with E-state index in [0.29, 0.717) is 24.2 Å². The number of nitrogens with zero attached hydrogens (tertiary/aromatic N) is 2. The molecule has 2 fully saturated rings. The van der Waals surface area contributed by atoms with Crippen LogP contribution in [0.15, 0.2) is 78.9 Å². The quantitative estimate of drug-likeness (QED) is 0.398. The topological polar surface area (TPSA) is 49.9 Å². The lowest BCUT2D eigenvalue weighted by molar-refractivity contribution is 0.0258. The fraction of sp³-hybridized carbons (Fsp3) is 0.394. The van der Waals surface area contributed by atoms with Gasteiger partial charge in [-0.25, -0.2) is 0 Å². The third-order valence-electron chi connectivity index (χ3n) is 8.41. The number of aryl methyl sites for hydroxylation is 1. The molecule has 198 valence electrons. The molecule has 0 spiro atoms. The SMILES string of the molecule is Cc1cccc([C@@H]2[C@@H](C(=O)c3ccccc3)CN(CCN3CCOCC3)C[C@H]2C(=O)c2ccccc2)c1C.